The van der Waals surface area contributed by atoms with Crippen LogP contribution in [-0.4, -0.2) is 0 Å². The Bertz CT molecular complexity index is 881. The van der Waals surface area contributed by atoms with Crippen molar-refractivity contribution in [3.05, 3.63) is 70.6 Å². The van der Waals surface area contributed by atoms with Crippen LogP contribution in [0.3, 0.4) is 0 Å². The lowest BCUT2D eigenvalue weighted by Gasteiger charge is -2.27. The van der Waals surface area contributed by atoms with Gasteiger partial charge in [-0.05, 0) is 17.7 Å². The number of allylic oxidation sites excluding steroid dienone is 1. The second kappa shape index (κ2) is 5.49. The van der Waals surface area contributed by atoms with E-state index >= 15 is 0 Å². The van der Waals surface area contributed by atoms with Gasteiger partial charge in [0.25, 0.3) is 0 Å². The molecule has 2 aromatic carbocycles. The summed E-state index contributed by atoms with van der Waals surface area (Å²) in [6.45, 7) is 0. The molecular weight excluding hydrogens is 319 g/mol. The van der Waals surface area contributed by atoms with E-state index in [4.69, 9.17) is 16.2 Å². The van der Waals surface area contributed by atoms with Crippen molar-refractivity contribution < 1.29 is 17.9 Å². The van der Waals surface area contributed by atoms with Crippen LogP contribution in [0.15, 0.2) is 53.9 Å². The minimum atomic E-state index is -4.48. The molecule has 0 saturated carbocycles. The van der Waals surface area contributed by atoms with Gasteiger partial charge in [0.05, 0.1) is 11.5 Å². The number of hydrogen-bond donors (Lipinski definition) is 2. The lowest BCUT2D eigenvalue weighted by Crippen LogP contribution is -2.21. The third-order valence-corrected chi connectivity index (χ3v) is 3.79. The number of alkyl halides is 3. The van der Waals surface area contributed by atoms with Crippen molar-refractivity contribution in [2.45, 2.75) is 12.1 Å². The van der Waals surface area contributed by atoms with Crippen LogP contribution in [0.5, 0.6) is 5.75 Å². The Labute approximate surface area is 135 Å². The number of nitriles is 1. The molecule has 0 aliphatic carbocycles. The average molecular weight is 331 g/mol. The molecule has 0 bridgehead atoms. The van der Waals surface area contributed by atoms with Crippen molar-refractivity contribution in [3.8, 4) is 11.8 Å². The average Bonchev–Trinajstić information content (AvgIpc) is 2.52. The summed E-state index contributed by atoms with van der Waals surface area (Å²) in [6, 6.07) is 11.5. The molecule has 0 amide bonds. The van der Waals surface area contributed by atoms with Gasteiger partial charge in [0.2, 0.25) is 5.88 Å². The van der Waals surface area contributed by atoms with Gasteiger partial charge >= 0.3 is 6.18 Å². The number of anilines is 1. The monoisotopic (exact) mass is 331 g/mol. The molecular formula is C17H12F3N3O. The molecule has 1 aliphatic heterocycles. The van der Waals surface area contributed by atoms with Crippen molar-refractivity contribution in [1.29, 1.82) is 5.26 Å². The zero-order chi connectivity index (χ0) is 17.5. The second-order valence-electron chi connectivity index (χ2n) is 5.35. The van der Waals surface area contributed by atoms with Gasteiger partial charge in [-0.2, -0.15) is 18.4 Å². The van der Waals surface area contributed by atoms with Crippen LogP contribution >= 0.6 is 0 Å². The third-order valence-electron chi connectivity index (χ3n) is 3.79. The van der Waals surface area contributed by atoms with Crippen molar-refractivity contribution in [1.82, 2.24) is 0 Å². The van der Waals surface area contributed by atoms with Crippen LogP contribution in [0.4, 0.5) is 18.9 Å². The third kappa shape index (κ3) is 2.63. The summed E-state index contributed by atoms with van der Waals surface area (Å²) in [5.74, 6) is -0.562. The van der Waals surface area contributed by atoms with Crippen molar-refractivity contribution >= 4 is 5.69 Å². The number of nitrogen functional groups attached to an aromatic ring is 1. The zero-order valence-corrected chi connectivity index (χ0v) is 12.3. The molecule has 3 rings (SSSR count). The van der Waals surface area contributed by atoms with E-state index in [1.54, 1.807) is 12.1 Å². The molecule has 122 valence electrons. The SMILES string of the molecule is N#CC1=C(N)Oc2cc(N)ccc2[C@H]1c1cccc(C(F)(F)F)c1. The predicted octanol–water partition coefficient (Wildman–Crippen LogP) is 3.51. The van der Waals surface area contributed by atoms with Gasteiger partial charge in [-0.25, -0.2) is 0 Å². The standard InChI is InChI=1S/C17H12F3N3O/c18-17(19,20)10-3-1-2-9(6-10)15-12-5-4-11(22)7-14(12)24-16(23)13(15)8-21/h1-7,15H,22-23H2/t15-/m1/s1. The molecule has 4 nitrogen and oxygen atoms in total. The summed E-state index contributed by atoms with van der Waals surface area (Å²) in [4.78, 5) is 0. The molecule has 1 heterocycles. The minimum Gasteiger partial charge on any atom is -0.440 e. The van der Waals surface area contributed by atoms with Crippen molar-refractivity contribution in [2.75, 3.05) is 5.73 Å². The van der Waals surface area contributed by atoms with E-state index in [0.29, 0.717) is 22.6 Å². The van der Waals surface area contributed by atoms with Crippen LogP contribution in [0.2, 0.25) is 0 Å². The van der Waals surface area contributed by atoms with E-state index in [1.807, 2.05) is 6.07 Å². The number of fused-ring (bicyclic) bond motifs is 1. The van der Waals surface area contributed by atoms with Gasteiger partial charge in [0.1, 0.15) is 17.4 Å². The predicted molar refractivity (Wildman–Crippen MR) is 81.6 cm³/mol. The normalized spacial score (nSPS) is 17.0. The summed E-state index contributed by atoms with van der Waals surface area (Å²) in [6.07, 6.45) is -4.48. The lowest BCUT2D eigenvalue weighted by atomic mass is 9.83. The molecule has 0 aromatic heterocycles. The molecule has 0 spiro atoms. The van der Waals surface area contributed by atoms with Gasteiger partial charge in [0, 0.05) is 17.3 Å². The van der Waals surface area contributed by atoms with Gasteiger partial charge in [-0.3, -0.25) is 0 Å². The Morgan fingerprint density at radius 2 is 1.83 bits per heavy atom. The first-order chi connectivity index (χ1) is 11.3. The number of nitrogens with zero attached hydrogens (tertiary/aromatic N) is 1. The van der Waals surface area contributed by atoms with Gasteiger partial charge < -0.3 is 16.2 Å². The summed E-state index contributed by atoms with van der Waals surface area (Å²) in [5.41, 5.74) is 12.0. The summed E-state index contributed by atoms with van der Waals surface area (Å²) >= 11 is 0. The molecule has 0 saturated heterocycles. The molecule has 24 heavy (non-hydrogen) atoms. The topological polar surface area (TPSA) is 85.1 Å². The molecule has 0 unspecified atom stereocenters. The molecule has 0 radical (unpaired) electrons. The molecule has 0 fully saturated rings. The lowest BCUT2D eigenvalue weighted by molar-refractivity contribution is -0.137. The highest BCUT2D eigenvalue weighted by Gasteiger charge is 2.34. The van der Waals surface area contributed by atoms with Gasteiger partial charge in [-0.15, -0.1) is 0 Å². The number of nitrogens with two attached hydrogens (primary N) is 2. The van der Waals surface area contributed by atoms with E-state index in [1.165, 1.54) is 18.2 Å². The fraction of sp³-hybridized carbons (Fsp3) is 0.118. The number of ether oxygens (including phenoxy) is 1. The fourth-order valence-electron chi connectivity index (χ4n) is 2.71. The Hall–Kier alpha value is -3.14. The number of hydrogen-bond acceptors (Lipinski definition) is 4. The maximum Gasteiger partial charge on any atom is 0.416 e. The second-order valence-corrected chi connectivity index (χ2v) is 5.35. The first-order valence-corrected chi connectivity index (χ1v) is 6.95. The van der Waals surface area contributed by atoms with E-state index in [2.05, 4.69) is 0 Å². The van der Waals surface area contributed by atoms with Crippen LogP contribution in [0.25, 0.3) is 0 Å². The smallest absolute Gasteiger partial charge is 0.416 e. The summed E-state index contributed by atoms with van der Waals surface area (Å²) in [7, 11) is 0. The van der Waals surface area contributed by atoms with Gasteiger partial charge in [-0.1, -0.05) is 24.3 Å². The van der Waals surface area contributed by atoms with Crippen molar-refractivity contribution in [2.24, 2.45) is 5.73 Å². The van der Waals surface area contributed by atoms with E-state index in [-0.39, 0.29) is 11.5 Å². The Morgan fingerprint density at radius 3 is 2.50 bits per heavy atom. The van der Waals surface area contributed by atoms with Gasteiger partial charge in [0.15, 0.2) is 0 Å². The minimum absolute atomic E-state index is 0.0617. The van der Waals surface area contributed by atoms with Crippen LogP contribution in [0, 0.1) is 11.3 Å². The van der Waals surface area contributed by atoms with Crippen LogP contribution in [-0.2, 0) is 6.18 Å². The number of rotatable bonds is 1. The molecule has 1 aliphatic rings. The van der Waals surface area contributed by atoms with Crippen molar-refractivity contribution in [3.63, 3.8) is 0 Å². The highest BCUT2D eigenvalue weighted by atomic mass is 19.4. The number of halogens is 3. The number of benzene rings is 2. The zero-order valence-electron chi connectivity index (χ0n) is 12.3. The van der Waals surface area contributed by atoms with E-state index < -0.39 is 17.7 Å². The van der Waals surface area contributed by atoms with E-state index in [0.717, 1.165) is 12.1 Å². The molecule has 7 heteroatoms. The molecule has 2 aromatic rings. The quantitative estimate of drug-likeness (QED) is 0.783. The Balaban J connectivity index is 2.21. The highest BCUT2D eigenvalue weighted by Crippen LogP contribution is 2.43. The highest BCUT2D eigenvalue weighted by molar-refractivity contribution is 5.59. The first-order valence-electron chi connectivity index (χ1n) is 6.95. The summed E-state index contributed by atoms with van der Waals surface area (Å²) < 4.78 is 44.4. The molecule has 1 atom stereocenters. The maximum absolute atomic E-state index is 13.0. The van der Waals surface area contributed by atoms with E-state index in [9.17, 15) is 18.4 Å². The Morgan fingerprint density at radius 1 is 1.08 bits per heavy atom. The summed E-state index contributed by atoms with van der Waals surface area (Å²) in [5, 5.41) is 9.39. The maximum atomic E-state index is 13.0. The van der Waals surface area contributed by atoms with Crippen LogP contribution in [0.1, 0.15) is 22.6 Å². The first kappa shape index (κ1) is 15.7. The fourth-order valence-corrected chi connectivity index (χ4v) is 2.71. The van der Waals surface area contributed by atoms with Crippen LogP contribution < -0.4 is 16.2 Å². The molecule has 4 N–H and O–H groups in total. The largest absolute Gasteiger partial charge is 0.440 e. The Kier molecular flexibility index (Phi) is 3.60.